The van der Waals surface area contributed by atoms with Crippen LogP contribution in [0.15, 0.2) is 42.5 Å². The molecule has 1 aromatic heterocycles. The lowest BCUT2D eigenvalue weighted by Gasteiger charge is -2.38. The molecule has 3 nitrogen and oxygen atoms in total. The van der Waals surface area contributed by atoms with Gasteiger partial charge in [0, 0.05) is 28.3 Å². The summed E-state index contributed by atoms with van der Waals surface area (Å²) in [5.41, 5.74) is 6.88. The molecule has 0 radical (unpaired) electrons. The van der Waals surface area contributed by atoms with Crippen molar-refractivity contribution in [2.24, 2.45) is 0 Å². The lowest BCUT2D eigenvalue weighted by Crippen LogP contribution is -2.42. The fraction of sp³-hybridized carbons (Fsp3) is 0.333. The second-order valence-corrected chi connectivity index (χ2v) is 8.91. The normalized spacial score (nSPS) is 20.1. The van der Waals surface area contributed by atoms with E-state index in [0.717, 1.165) is 30.9 Å². The van der Waals surface area contributed by atoms with Crippen molar-refractivity contribution in [3.05, 3.63) is 69.6 Å². The Bertz CT molecular complexity index is 1040. The summed E-state index contributed by atoms with van der Waals surface area (Å²) in [5.74, 6) is 2.03. The molecular formula is C24H25NO2S. The Morgan fingerprint density at radius 1 is 1.00 bits per heavy atom. The largest absolute Gasteiger partial charge is 0.493 e. The average Bonchev–Trinajstić information content (AvgIpc) is 3.16. The summed E-state index contributed by atoms with van der Waals surface area (Å²) in [4.78, 5) is 2.82. The fourth-order valence-corrected chi connectivity index (χ4v) is 5.91. The molecular weight excluding hydrogens is 366 g/mol. The van der Waals surface area contributed by atoms with E-state index in [0.29, 0.717) is 12.0 Å². The smallest absolute Gasteiger partial charge is 0.161 e. The molecule has 144 valence electrons. The number of thiophene rings is 1. The lowest BCUT2D eigenvalue weighted by molar-refractivity contribution is 0.349. The summed E-state index contributed by atoms with van der Waals surface area (Å²) in [5, 5.41) is 3.80. The Morgan fingerprint density at radius 2 is 1.82 bits per heavy atom. The summed E-state index contributed by atoms with van der Waals surface area (Å²) in [6.07, 6.45) is 2.23. The van der Waals surface area contributed by atoms with Gasteiger partial charge in [-0.15, -0.1) is 11.3 Å². The molecule has 2 aliphatic rings. The molecule has 0 fully saturated rings. The maximum Gasteiger partial charge on any atom is 0.161 e. The first-order chi connectivity index (χ1) is 13.7. The van der Waals surface area contributed by atoms with Crippen LogP contribution >= 0.6 is 11.3 Å². The molecule has 1 aliphatic heterocycles. The van der Waals surface area contributed by atoms with Crippen molar-refractivity contribution < 1.29 is 9.47 Å². The molecule has 1 N–H and O–H groups in total. The average molecular weight is 392 g/mol. The van der Waals surface area contributed by atoms with Crippen LogP contribution in [-0.4, -0.2) is 20.3 Å². The highest BCUT2D eigenvalue weighted by Crippen LogP contribution is 2.47. The van der Waals surface area contributed by atoms with Crippen molar-refractivity contribution in [2.45, 2.75) is 38.3 Å². The Morgan fingerprint density at radius 3 is 2.61 bits per heavy atom. The number of benzene rings is 2. The van der Waals surface area contributed by atoms with Crippen molar-refractivity contribution in [1.82, 2.24) is 5.32 Å². The van der Waals surface area contributed by atoms with Crippen LogP contribution in [0.1, 0.15) is 39.5 Å². The van der Waals surface area contributed by atoms with Gasteiger partial charge in [-0.2, -0.15) is 0 Å². The number of ether oxygens (including phenoxy) is 2. The number of nitrogens with one attached hydrogen (secondary N) is 1. The zero-order valence-electron chi connectivity index (χ0n) is 16.5. The van der Waals surface area contributed by atoms with Gasteiger partial charge in [0.15, 0.2) is 11.5 Å². The second-order valence-electron chi connectivity index (χ2n) is 7.77. The zero-order valence-corrected chi connectivity index (χ0v) is 17.4. The summed E-state index contributed by atoms with van der Waals surface area (Å²) in [7, 11) is 3.43. The first kappa shape index (κ1) is 17.8. The predicted molar refractivity (Wildman–Crippen MR) is 115 cm³/mol. The summed E-state index contributed by atoms with van der Waals surface area (Å²) in [6, 6.07) is 16.1. The lowest BCUT2D eigenvalue weighted by atomic mass is 9.74. The van der Waals surface area contributed by atoms with Crippen LogP contribution in [0.25, 0.3) is 10.4 Å². The monoisotopic (exact) mass is 391 g/mol. The molecule has 0 unspecified atom stereocenters. The maximum atomic E-state index is 5.61. The number of fused-ring (bicyclic) bond motifs is 5. The molecule has 2 atom stereocenters. The number of hydrogen-bond acceptors (Lipinski definition) is 4. The van der Waals surface area contributed by atoms with Crippen molar-refractivity contribution in [1.29, 1.82) is 0 Å². The first-order valence-electron chi connectivity index (χ1n) is 9.85. The SMILES string of the molecule is COc1cc2c(cc1OC)[C@@H]1c3cc(-c4cccc(C)c4)sc3CN[C@H]1CC2. The van der Waals surface area contributed by atoms with Gasteiger partial charge in [0.1, 0.15) is 0 Å². The third kappa shape index (κ3) is 2.83. The summed E-state index contributed by atoms with van der Waals surface area (Å²) in [6.45, 7) is 3.13. The van der Waals surface area contributed by atoms with Gasteiger partial charge in [-0.1, -0.05) is 29.8 Å². The quantitative estimate of drug-likeness (QED) is 0.658. The Kier molecular flexibility index (Phi) is 4.41. The standard InChI is InChI=1S/C24H25NO2S/c1-14-5-4-6-16(9-14)22-12-18-23(28-22)13-25-19-8-7-15-10-20(26-2)21(27-3)11-17(15)24(18)19/h4-6,9-12,19,24-25H,7-8,13H2,1-3H3/t19-,24+/m0/s1. The number of rotatable bonds is 3. The molecule has 5 rings (SSSR count). The molecule has 0 saturated carbocycles. The van der Waals surface area contributed by atoms with Gasteiger partial charge in [0.25, 0.3) is 0 Å². The van der Waals surface area contributed by atoms with E-state index in [-0.39, 0.29) is 0 Å². The predicted octanol–water partition coefficient (Wildman–Crippen LogP) is 5.29. The van der Waals surface area contributed by atoms with E-state index in [1.807, 2.05) is 11.3 Å². The van der Waals surface area contributed by atoms with E-state index in [2.05, 4.69) is 54.7 Å². The fourth-order valence-electron chi connectivity index (χ4n) is 4.75. The zero-order chi connectivity index (χ0) is 19.3. The van der Waals surface area contributed by atoms with Crippen LogP contribution in [-0.2, 0) is 13.0 Å². The van der Waals surface area contributed by atoms with E-state index >= 15 is 0 Å². The van der Waals surface area contributed by atoms with E-state index < -0.39 is 0 Å². The molecule has 0 bridgehead atoms. The second kappa shape index (κ2) is 6.94. The summed E-state index contributed by atoms with van der Waals surface area (Å²) >= 11 is 1.93. The van der Waals surface area contributed by atoms with Crippen LogP contribution in [0, 0.1) is 6.92 Å². The van der Waals surface area contributed by atoms with Crippen molar-refractivity contribution in [2.75, 3.05) is 14.2 Å². The Labute approximate surface area is 170 Å². The highest BCUT2D eigenvalue weighted by Gasteiger charge is 2.37. The van der Waals surface area contributed by atoms with Crippen LogP contribution < -0.4 is 14.8 Å². The van der Waals surface area contributed by atoms with E-state index in [1.165, 1.54) is 37.6 Å². The third-order valence-corrected chi connectivity index (χ3v) is 7.31. The highest BCUT2D eigenvalue weighted by atomic mass is 32.1. The molecule has 4 heteroatoms. The van der Waals surface area contributed by atoms with Gasteiger partial charge in [0.05, 0.1) is 14.2 Å². The molecule has 0 amide bonds. The highest BCUT2D eigenvalue weighted by molar-refractivity contribution is 7.15. The number of methoxy groups -OCH3 is 2. The van der Waals surface area contributed by atoms with Gasteiger partial charge >= 0.3 is 0 Å². The van der Waals surface area contributed by atoms with E-state index in [4.69, 9.17) is 9.47 Å². The van der Waals surface area contributed by atoms with Crippen molar-refractivity contribution >= 4 is 11.3 Å². The molecule has 3 aromatic rings. The minimum absolute atomic E-state index is 0.377. The van der Waals surface area contributed by atoms with Crippen LogP contribution in [0.4, 0.5) is 0 Å². The number of aryl methyl sites for hydroxylation is 2. The van der Waals surface area contributed by atoms with Crippen molar-refractivity contribution in [3.8, 4) is 21.9 Å². The third-order valence-electron chi connectivity index (χ3n) is 6.11. The van der Waals surface area contributed by atoms with E-state index in [1.54, 1.807) is 14.2 Å². The summed E-state index contributed by atoms with van der Waals surface area (Å²) < 4.78 is 11.2. The molecule has 0 saturated heterocycles. The minimum atomic E-state index is 0.377. The molecule has 2 aromatic carbocycles. The molecule has 2 heterocycles. The van der Waals surface area contributed by atoms with Gasteiger partial charge in [-0.3, -0.25) is 0 Å². The topological polar surface area (TPSA) is 30.5 Å². The minimum Gasteiger partial charge on any atom is -0.493 e. The van der Waals surface area contributed by atoms with Crippen LogP contribution in [0.2, 0.25) is 0 Å². The Balaban J connectivity index is 1.63. The van der Waals surface area contributed by atoms with Gasteiger partial charge in [-0.05, 0) is 60.2 Å². The van der Waals surface area contributed by atoms with Gasteiger partial charge < -0.3 is 14.8 Å². The van der Waals surface area contributed by atoms with Crippen LogP contribution in [0.3, 0.4) is 0 Å². The van der Waals surface area contributed by atoms with Gasteiger partial charge in [-0.25, -0.2) is 0 Å². The van der Waals surface area contributed by atoms with Crippen molar-refractivity contribution in [3.63, 3.8) is 0 Å². The Hall–Kier alpha value is -2.30. The maximum absolute atomic E-state index is 5.61. The number of hydrogen-bond donors (Lipinski definition) is 1. The molecule has 1 aliphatic carbocycles. The van der Waals surface area contributed by atoms with Crippen LogP contribution in [0.5, 0.6) is 11.5 Å². The first-order valence-corrected chi connectivity index (χ1v) is 10.7. The van der Waals surface area contributed by atoms with Gasteiger partial charge in [0.2, 0.25) is 0 Å². The molecule has 28 heavy (non-hydrogen) atoms. The molecule has 0 spiro atoms. The van der Waals surface area contributed by atoms with E-state index in [9.17, 15) is 0 Å².